The van der Waals surface area contributed by atoms with Crippen molar-refractivity contribution in [2.24, 2.45) is 5.41 Å². The minimum absolute atomic E-state index is 0.0229. The molecule has 2 aromatic rings. The summed E-state index contributed by atoms with van der Waals surface area (Å²) < 4.78 is 11.1. The first-order chi connectivity index (χ1) is 11.0. The van der Waals surface area contributed by atoms with Crippen LogP contribution < -0.4 is 9.47 Å². The number of fused-ring (bicyclic) bond motifs is 1. The smallest absolute Gasteiger partial charge is 0.218 e. The van der Waals surface area contributed by atoms with E-state index in [1.807, 2.05) is 39.0 Å². The van der Waals surface area contributed by atoms with E-state index in [9.17, 15) is 4.79 Å². The first kappa shape index (κ1) is 18.2. The molecule has 0 unspecified atom stereocenters. The van der Waals surface area contributed by atoms with Crippen LogP contribution in [0.15, 0.2) is 24.3 Å². The zero-order valence-electron chi connectivity index (χ0n) is 15.7. The predicted octanol–water partition coefficient (Wildman–Crippen LogP) is 4.53. The van der Waals surface area contributed by atoms with Gasteiger partial charge in [-0.15, -0.1) is 0 Å². The van der Waals surface area contributed by atoms with Gasteiger partial charge in [-0.3, -0.25) is 4.79 Å². The zero-order chi connectivity index (χ0) is 18.1. The number of nitrogens with zero attached hydrogens (tertiary/aromatic N) is 1. The lowest BCUT2D eigenvalue weighted by Gasteiger charge is -2.23. The summed E-state index contributed by atoms with van der Waals surface area (Å²) in [6.07, 6.45) is 0. The summed E-state index contributed by atoms with van der Waals surface area (Å²) in [5.41, 5.74) is 1.21. The van der Waals surface area contributed by atoms with E-state index >= 15 is 0 Å². The molecule has 0 amide bonds. The van der Waals surface area contributed by atoms with Crippen LogP contribution in [0.4, 0.5) is 0 Å². The number of Topliss-reactive ketones (excluding diaryl/α,β-unsaturated/α-hetero) is 1. The molecule has 0 radical (unpaired) electrons. The third-order valence-corrected chi connectivity index (χ3v) is 3.97. The van der Waals surface area contributed by atoms with Crippen molar-refractivity contribution in [1.29, 1.82) is 0 Å². The Bertz CT molecular complexity index is 752. The molecule has 0 N–H and O–H groups in total. The number of carbonyl (C=O) groups excluding carboxylic acids is 1. The van der Waals surface area contributed by atoms with E-state index in [2.05, 4.69) is 31.8 Å². The number of methoxy groups -OCH3 is 1. The Morgan fingerprint density at radius 3 is 2.29 bits per heavy atom. The maximum absolute atomic E-state index is 12.2. The fourth-order valence-corrected chi connectivity index (χ4v) is 2.25. The SMILES string of the molecule is COc1ccc2cc(C(C)(C)C)c(OCC(=O)C(C)(C)C)nc2c1. The van der Waals surface area contributed by atoms with E-state index in [4.69, 9.17) is 9.47 Å². The Morgan fingerprint density at radius 2 is 1.75 bits per heavy atom. The maximum atomic E-state index is 12.2. The molecule has 4 heteroatoms. The highest BCUT2D eigenvalue weighted by Gasteiger charge is 2.25. The highest BCUT2D eigenvalue weighted by molar-refractivity contribution is 5.85. The molecule has 0 fully saturated rings. The minimum Gasteiger partial charge on any atom is -0.497 e. The van der Waals surface area contributed by atoms with Gasteiger partial charge < -0.3 is 9.47 Å². The Labute approximate surface area is 144 Å². The molecule has 1 aromatic carbocycles. The van der Waals surface area contributed by atoms with Crippen LogP contribution in [0, 0.1) is 5.41 Å². The quantitative estimate of drug-likeness (QED) is 0.826. The maximum Gasteiger partial charge on any atom is 0.218 e. The van der Waals surface area contributed by atoms with Gasteiger partial charge in [0.1, 0.15) is 12.4 Å². The molecule has 0 aliphatic rings. The first-order valence-corrected chi connectivity index (χ1v) is 8.18. The molecule has 4 nitrogen and oxygen atoms in total. The Hall–Kier alpha value is -2.10. The second-order valence-corrected chi connectivity index (χ2v) is 8.11. The number of benzene rings is 1. The number of hydrogen-bond donors (Lipinski definition) is 0. The van der Waals surface area contributed by atoms with E-state index in [1.165, 1.54) is 0 Å². The molecular formula is C20H27NO3. The fourth-order valence-electron chi connectivity index (χ4n) is 2.25. The molecule has 24 heavy (non-hydrogen) atoms. The molecule has 0 aliphatic heterocycles. The van der Waals surface area contributed by atoms with Gasteiger partial charge in [-0.25, -0.2) is 4.98 Å². The summed E-state index contributed by atoms with van der Waals surface area (Å²) in [6, 6.07) is 7.86. The normalized spacial score (nSPS) is 12.3. The van der Waals surface area contributed by atoms with Crippen LogP contribution in [0.1, 0.15) is 47.1 Å². The van der Waals surface area contributed by atoms with Crippen LogP contribution in [0.3, 0.4) is 0 Å². The number of hydrogen-bond acceptors (Lipinski definition) is 4. The minimum atomic E-state index is -0.429. The van der Waals surface area contributed by atoms with Crippen molar-refractivity contribution < 1.29 is 14.3 Å². The first-order valence-electron chi connectivity index (χ1n) is 8.18. The molecule has 0 saturated heterocycles. The molecule has 1 heterocycles. The Kier molecular flexibility index (Phi) is 4.88. The molecule has 1 aromatic heterocycles. The van der Waals surface area contributed by atoms with Crippen LogP contribution in [0.25, 0.3) is 10.9 Å². The summed E-state index contributed by atoms with van der Waals surface area (Å²) in [5, 5.41) is 1.02. The molecule has 0 aliphatic carbocycles. The molecule has 0 saturated carbocycles. The highest BCUT2D eigenvalue weighted by Crippen LogP contribution is 2.34. The number of ketones is 1. The molecule has 2 rings (SSSR count). The fraction of sp³-hybridized carbons (Fsp3) is 0.500. The van der Waals surface area contributed by atoms with Crippen LogP contribution in [-0.2, 0) is 10.2 Å². The van der Waals surface area contributed by atoms with Crippen molar-refractivity contribution in [2.75, 3.05) is 13.7 Å². The summed E-state index contributed by atoms with van der Waals surface area (Å²) in [6.45, 7) is 12.0. The summed E-state index contributed by atoms with van der Waals surface area (Å²) in [5.74, 6) is 1.31. The van der Waals surface area contributed by atoms with Gasteiger partial charge in [-0.05, 0) is 23.6 Å². The average molecular weight is 329 g/mol. The number of rotatable bonds is 4. The van der Waals surface area contributed by atoms with E-state index in [-0.39, 0.29) is 17.8 Å². The van der Waals surface area contributed by atoms with Crippen molar-refractivity contribution in [3.05, 3.63) is 29.8 Å². The number of carbonyl (C=O) groups is 1. The standard InChI is InChI=1S/C20H27NO3/c1-19(2,3)15-10-13-8-9-14(23-7)11-16(13)21-18(15)24-12-17(22)20(4,5)6/h8-11H,12H2,1-7H3. The third kappa shape index (κ3) is 4.05. The van der Waals surface area contributed by atoms with Crippen molar-refractivity contribution in [3.8, 4) is 11.6 Å². The number of aromatic nitrogens is 1. The van der Waals surface area contributed by atoms with Crippen molar-refractivity contribution >= 4 is 16.7 Å². The zero-order valence-corrected chi connectivity index (χ0v) is 15.7. The lowest BCUT2D eigenvalue weighted by molar-refractivity contribution is -0.128. The third-order valence-electron chi connectivity index (χ3n) is 3.97. The van der Waals surface area contributed by atoms with Gasteiger partial charge in [0.25, 0.3) is 0 Å². The predicted molar refractivity (Wildman–Crippen MR) is 97.0 cm³/mol. The van der Waals surface area contributed by atoms with E-state index in [0.29, 0.717) is 5.88 Å². The van der Waals surface area contributed by atoms with Crippen LogP contribution in [-0.4, -0.2) is 24.5 Å². The molecule has 130 valence electrons. The van der Waals surface area contributed by atoms with Gasteiger partial charge >= 0.3 is 0 Å². The largest absolute Gasteiger partial charge is 0.497 e. The van der Waals surface area contributed by atoms with Gasteiger partial charge in [-0.2, -0.15) is 0 Å². The van der Waals surface area contributed by atoms with Crippen molar-refractivity contribution in [2.45, 2.75) is 47.0 Å². The van der Waals surface area contributed by atoms with E-state index in [0.717, 1.165) is 22.2 Å². The van der Waals surface area contributed by atoms with E-state index in [1.54, 1.807) is 7.11 Å². The Balaban J connectivity index is 2.46. The molecular weight excluding hydrogens is 302 g/mol. The van der Waals surface area contributed by atoms with Crippen molar-refractivity contribution in [3.63, 3.8) is 0 Å². The van der Waals surface area contributed by atoms with Gasteiger partial charge in [0.2, 0.25) is 5.88 Å². The summed E-state index contributed by atoms with van der Waals surface area (Å²) in [4.78, 5) is 16.8. The van der Waals surface area contributed by atoms with Gasteiger partial charge in [0.05, 0.1) is 12.6 Å². The number of ether oxygens (including phenoxy) is 2. The lowest BCUT2D eigenvalue weighted by atomic mass is 9.87. The average Bonchev–Trinajstić information content (AvgIpc) is 2.49. The second kappa shape index (κ2) is 6.42. The Morgan fingerprint density at radius 1 is 1.08 bits per heavy atom. The molecule has 0 spiro atoms. The van der Waals surface area contributed by atoms with E-state index < -0.39 is 5.41 Å². The van der Waals surface area contributed by atoms with Crippen LogP contribution >= 0.6 is 0 Å². The highest BCUT2D eigenvalue weighted by atomic mass is 16.5. The van der Waals surface area contributed by atoms with Crippen LogP contribution in [0.5, 0.6) is 11.6 Å². The molecule has 0 bridgehead atoms. The van der Waals surface area contributed by atoms with Gasteiger partial charge in [0, 0.05) is 22.4 Å². The van der Waals surface area contributed by atoms with Gasteiger partial charge in [-0.1, -0.05) is 41.5 Å². The van der Waals surface area contributed by atoms with Gasteiger partial charge in [0.15, 0.2) is 5.78 Å². The van der Waals surface area contributed by atoms with Crippen molar-refractivity contribution in [1.82, 2.24) is 4.98 Å². The molecule has 0 atom stereocenters. The van der Waals surface area contributed by atoms with Crippen LogP contribution in [0.2, 0.25) is 0 Å². The number of pyridine rings is 1. The monoisotopic (exact) mass is 329 g/mol. The lowest BCUT2D eigenvalue weighted by Crippen LogP contribution is -2.27. The topological polar surface area (TPSA) is 48.4 Å². The summed E-state index contributed by atoms with van der Waals surface area (Å²) in [7, 11) is 1.63. The summed E-state index contributed by atoms with van der Waals surface area (Å²) >= 11 is 0. The second-order valence-electron chi connectivity index (χ2n) is 8.11.